The minimum absolute atomic E-state index is 0.0378. The van der Waals surface area contributed by atoms with Crippen LogP contribution in [0.25, 0.3) is 0 Å². The fourth-order valence-corrected chi connectivity index (χ4v) is 4.34. The van der Waals surface area contributed by atoms with Gasteiger partial charge in [-0.25, -0.2) is 5.43 Å². The van der Waals surface area contributed by atoms with Gasteiger partial charge in [-0.3, -0.25) is 4.79 Å². The molecule has 0 unspecified atom stereocenters. The van der Waals surface area contributed by atoms with Gasteiger partial charge in [-0.05, 0) is 49.1 Å². The van der Waals surface area contributed by atoms with E-state index in [2.05, 4.69) is 72.9 Å². The average molecular weight is 412 g/mol. The van der Waals surface area contributed by atoms with Crippen LogP contribution in [-0.4, -0.2) is 26.2 Å². The number of carbonyl (C=O) groups is 1. The minimum Gasteiger partial charge on any atom is -0.378 e. The normalized spacial score (nSPS) is 16.8. The summed E-state index contributed by atoms with van der Waals surface area (Å²) in [6.45, 7) is 4.19. The van der Waals surface area contributed by atoms with Crippen LogP contribution in [0, 0.1) is 19.8 Å². The first-order valence-corrected chi connectivity index (χ1v) is 10.6. The second-order valence-electron chi connectivity index (χ2n) is 8.69. The summed E-state index contributed by atoms with van der Waals surface area (Å²) in [7, 11) is 4.02. The van der Waals surface area contributed by atoms with E-state index in [0.717, 1.165) is 17.7 Å². The molecule has 3 aromatic carbocycles. The first-order chi connectivity index (χ1) is 14.9. The van der Waals surface area contributed by atoms with Crippen LogP contribution in [0.1, 0.15) is 34.2 Å². The molecule has 1 aliphatic rings. The number of aryl methyl sites for hydroxylation is 2. The maximum Gasteiger partial charge on any atom is 0.244 e. The first kappa shape index (κ1) is 20.9. The van der Waals surface area contributed by atoms with E-state index in [1.807, 2.05) is 43.3 Å². The van der Waals surface area contributed by atoms with Crippen LogP contribution in [0.3, 0.4) is 0 Å². The van der Waals surface area contributed by atoms with Gasteiger partial charge in [0.25, 0.3) is 0 Å². The quantitative estimate of drug-likeness (QED) is 0.467. The van der Waals surface area contributed by atoms with Gasteiger partial charge in [-0.1, -0.05) is 71.8 Å². The Bertz CT molecular complexity index is 1070. The minimum atomic E-state index is -0.287. The van der Waals surface area contributed by atoms with Crippen molar-refractivity contribution in [2.45, 2.75) is 25.7 Å². The maximum absolute atomic E-state index is 13.0. The van der Waals surface area contributed by atoms with Crippen molar-refractivity contribution in [1.29, 1.82) is 0 Å². The lowest BCUT2D eigenvalue weighted by Gasteiger charge is -2.19. The predicted octanol–water partition coefficient (Wildman–Crippen LogP) is 4.83. The van der Waals surface area contributed by atoms with Crippen molar-refractivity contribution in [3.63, 3.8) is 0 Å². The van der Waals surface area contributed by atoms with E-state index < -0.39 is 0 Å². The second-order valence-corrected chi connectivity index (χ2v) is 8.69. The van der Waals surface area contributed by atoms with Crippen molar-refractivity contribution < 1.29 is 4.79 Å². The Hall–Kier alpha value is -3.40. The van der Waals surface area contributed by atoms with Crippen molar-refractivity contribution >= 4 is 17.8 Å². The number of anilines is 1. The molecule has 0 saturated heterocycles. The number of nitrogens with zero attached hydrogens (tertiary/aromatic N) is 2. The van der Waals surface area contributed by atoms with Crippen molar-refractivity contribution in [2.24, 2.45) is 11.0 Å². The van der Waals surface area contributed by atoms with E-state index >= 15 is 0 Å². The number of hydrogen-bond donors (Lipinski definition) is 1. The lowest BCUT2D eigenvalue weighted by molar-refractivity contribution is -0.122. The summed E-state index contributed by atoms with van der Waals surface area (Å²) in [5.74, 6) is -0.173. The Kier molecular flexibility index (Phi) is 5.64. The van der Waals surface area contributed by atoms with Crippen molar-refractivity contribution in [3.05, 3.63) is 101 Å². The highest BCUT2D eigenvalue weighted by atomic mass is 16.2. The van der Waals surface area contributed by atoms with Gasteiger partial charge < -0.3 is 4.90 Å². The molecule has 0 spiro atoms. The topological polar surface area (TPSA) is 44.7 Å². The zero-order valence-electron chi connectivity index (χ0n) is 18.6. The smallest absolute Gasteiger partial charge is 0.244 e. The Balaban J connectivity index is 1.53. The summed E-state index contributed by atoms with van der Waals surface area (Å²) in [5, 5.41) is 4.23. The first-order valence-electron chi connectivity index (χ1n) is 10.6. The number of nitrogens with one attached hydrogen (secondary N) is 1. The third-order valence-corrected chi connectivity index (χ3v) is 6.14. The van der Waals surface area contributed by atoms with Crippen molar-refractivity contribution in [3.8, 4) is 0 Å². The zero-order valence-corrected chi connectivity index (χ0v) is 18.6. The molecule has 1 amide bonds. The molecule has 1 saturated carbocycles. The van der Waals surface area contributed by atoms with Crippen LogP contribution >= 0.6 is 0 Å². The molecule has 0 radical (unpaired) electrons. The molecule has 4 heteroatoms. The lowest BCUT2D eigenvalue weighted by atomic mass is 9.84. The number of rotatable bonds is 6. The molecule has 3 aromatic rings. The van der Waals surface area contributed by atoms with Crippen LogP contribution in [-0.2, 0) is 10.2 Å². The van der Waals surface area contributed by atoms with Crippen LogP contribution in [0.4, 0.5) is 5.69 Å². The van der Waals surface area contributed by atoms with E-state index in [-0.39, 0.29) is 17.2 Å². The number of amides is 1. The fourth-order valence-electron chi connectivity index (χ4n) is 4.34. The molecule has 1 atom stereocenters. The van der Waals surface area contributed by atoms with Gasteiger partial charge in [0.2, 0.25) is 5.91 Å². The van der Waals surface area contributed by atoms with E-state index in [1.165, 1.54) is 22.3 Å². The van der Waals surface area contributed by atoms with Crippen molar-refractivity contribution in [1.82, 2.24) is 5.43 Å². The Morgan fingerprint density at radius 2 is 1.55 bits per heavy atom. The molecule has 0 heterocycles. The summed E-state index contributed by atoms with van der Waals surface area (Å²) < 4.78 is 0. The third kappa shape index (κ3) is 4.24. The van der Waals surface area contributed by atoms with E-state index in [0.29, 0.717) is 0 Å². The van der Waals surface area contributed by atoms with Gasteiger partial charge in [0.15, 0.2) is 0 Å². The Morgan fingerprint density at radius 3 is 2.06 bits per heavy atom. The SMILES string of the molecule is Cc1cccc(C2(c3cccc(C)c3)C[C@H]2C(=O)N/N=C\c2ccc(N(C)C)cc2)c1. The molecule has 158 valence electrons. The predicted molar refractivity (Wildman–Crippen MR) is 128 cm³/mol. The maximum atomic E-state index is 13.0. The average Bonchev–Trinajstić information content (AvgIpc) is 3.51. The summed E-state index contributed by atoms with van der Waals surface area (Å²) in [6.07, 6.45) is 2.49. The van der Waals surface area contributed by atoms with Crippen LogP contribution in [0.5, 0.6) is 0 Å². The highest BCUT2D eigenvalue weighted by Crippen LogP contribution is 2.59. The standard InChI is InChI=1S/C27H29N3O/c1-19-7-5-9-22(15-19)27(23-10-6-8-20(2)16-23)17-25(27)26(31)29-28-18-21-11-13-24(14-12-21)30(3)4/h5-16,18,25H,17H2,1-4H3,(H,29,31)/b28-18-/t25-/m0/s1. The highest BCUT2D eigenvalue weighted by molar-refractivity contribution is 5.88. The van der Waals surface area contributed by atoms with Crippen molar-refractivity contribution in [2.75, 3.05) is 19.0 Å². The van der Waals surface area contributed by atoms with Crippen LogP contribution in [0.2, 0.25) is 0 Å². The third-order valence-electron chi connectivity index (χ3n) is 6.14. The zero-order chi connectivity index (χ0) is 22.0. The summed E-state index contributed by atoms with van der Waals surface area (Å²) >= 11 is 0. The second kappa shape index (κ2) is 8.38. The van der Waals surface area contributed by atoms with Crippen LogP contribution < -0.4 is 10.3 Å². The van der Waals surface area contributed by atoms with Gasteiger partial charge in [0.05, 0.1) is 12.1 Å². The summed E-state index contributed by atoms with van der Waals surface area (Å²) in [6, 6.07) is 25.1. The highest BCUT2D eigenvalue weighted by Gasteiger charge is 2.60. The molecule has 1 aliphatic carbocycles. The number of carbonyl (C=O) groups excluding carboxylic acids is 1. The molecular formula is C27H29N3O. The van der Waals surface area contributed by atoms with Gasteiger partial charge >= 0.3 is 0 Å². The number of hydrogen-bond acceptors (Lipinski definition) is 3. The largest absolute Gasteiger partial charge is 0.378 e. The lowest BCUT2D eigenvalue weighted by Crippen LogP contribution is -2.25. The number of hydrazone groups is 1. The van der Waals surface area contributed by atoms with E-state index in [1.54, 1.807) is 6.21 Å². The summed E-state index contributed by atoms with van der Waals surface area (Å²) in [4.78, 5) is 15.1. The molecule has 0 aromatic heterocycles. The monoisotopic (exact) mass is 411 g/mol. The Labute approximate surface area is 184 Å². The summed E-state index contributed by atoms with van der Waals surface area (Å²) in [5.41, 5.74) is 9.36. The van der Waals surface area contributed by atoms with E-state index in [9.17, 15) is 4.79 Å². The molecule has 1 fully saturated rings. The fraction of sp³-hybridized carbons (Fsp3) is 0.259. The number of benzene rings is 3. The van der Waals surface area contributed by atoms with E-state index in [4.69, 9.17) is 0 Å². The van der Waals surface area contributed by atoms with Gasteiger partial charge in [-0.15, -0.1) is 0 Å². The van der Waals surface area contributed by atoms with Gasteiger partial charge in [-0.2, -0.15) is 5.10 Å². The van der Waals surface area contributed by atoms with Gasteiger partial charge in [0, 0.05) is 25.2 Å². The molecule has 0 aliphatic heterocycles. The molecule has 4 nitrogen and oxygen atoms in total. The molecule has 0 bridgehead atoms. The molecular weight excluding hydrogens is 382 g/mol. The van der Waals surface area contributed by atoms with Crippen LogP contribution in [0.15, 0.2) is 77.9 Å². The molecule has 31 heavy (non-hydrogen) atoms. The molecule has 4 rings (SSSR count). The molecule has 1 N–H and O–H groups in total. The Morgan fingerprint density at radius 1 is 0.968 bits per heavy atom. The van der Waals surface area contributed by atoms with Gasteiger partial charge in [0.1, 0.15) is 0 Å².